The fourth-order valence-corrected chi connectivity index (χ4v) is 2.00. The molecule has 1 atom stereocenters. The van der Waals surface area contributed by atoms with Gasteiger partial charge in [0, 0.05) is 26.6 Å². The van der Waals surface area contributed by atoms with E-state index in [2.05, 4.69) is 4.74 Å². The number of hydrogen-bond donors (Lipinski definition) is 1. The first-order chi connectivity index (χ1) is 9.60. The fourth-order valence-electron chi connectivity index (χ4n) is 2.00. The van der Waals surface area contributed by atoms with Gasteiger partial charge in [0.05, 0.1) is 13.0 Å². The van der Waals surface area contributed by atoms with E-state index in [-0.39, 0.29) is 24.3 Å². The van der Waals surface area contributed by atoms with Crippen molar-refractivity contribution >= 4 is 11.9 Å². The molecule has 20 heavy (non-hydrogen) atoms. The molecule has 0 radical (unpaired) electrons. The van der Waals surface area contributed by atoms with Crippen molar-refractivity contribution in [3.63, 3.8) is 0 Å². The van der Waals surface area contributed by atoms with Gasteiger partial charge in [-0.05, 0) is 12.0 Å². The Hall–Kier alpha value is -1.88. The van der Waals surface area contributed by atoms with Crippen LogP contribution in [-0.4, -0.2) is 44.0 Å². The van der Waals surface area contributed by atoms with Gasteiger partial charge in [0.25, 0.3) is 0 Å². The number of nitrogens with zero attached hydrogens (tertiary/aromatic N) is 1. The molecule has 1 aromatic rings. The predicted molar refractivity (Wildman–Crippen MR) is 77.1 cm³/mol. The van der Waals surface area contributed by atoms with Gasteiger partial charge in [0.2, 0.25) is 5.91 Å². The van der Waals surface area contributed by atoms with Gasteiger partial charge in [0.15, 0.2) is 0 Å². The summed E-state index contributed by atoms with van der Waals surface area (Å²) in [5.41, 5.74) is 6.64. The first-order valence-electron chi connectivity index (χ1n) is 6.67. The van der Waals surface area contributed by atoms with Crippen molar-refractivity contribution in [1.82, 2.24) is 4.90 Å². The Bertz CT molecular complexity index is 434. The van der Waals surface area contributed by atoms with Gasteiger partial charge < -0.3 is 15.4 Å². The van der Waals surface area contributed by atoms with Crippen LogP contribution in [0.25, 0.3) is 0 Å². The van der Waals surface area contributed by atoms with Gasteiger partial charge in [-0.25, -0.2) is 0 Å². The fraction of sp³-hybridized carbons (Fsp3) is 0.467. The maximum atomic E-state index is 12.3. The van der Waals surface area contributed by atoms with Crippen LogP contribution in [0, 0.1) is 0 Å². The number of rotatable bonds is 7. The summed E-state index contributed by atoms with van der Waals surface area (Å²) in [6, 6.07) is 9.49. The third kappa shape index (κ3) is 4.66. The minimum Gasteiger partial charge on any atom is -0.469 e. The summed E-state index contributed by atoms with van der Waals surface area (Å²) in [4.78, 5) is 25.0. The lowest BCUT2D eigenvalue weighted by Gasteiger charge is -2.23. The number of likely N-dealkylation sites (N-methyl/N-ethyl adjacent to an activating group) is 1. The van der Waals surface area contributed by atoms with E-state index in [0.29, 0.717) is 19.4 Å². The number of carbonyl (C=O) groups excluding carboxylic acids is 2. The standard InChI is InChI=1S/C15H22N2O3/c1-17(10-6-9-14(18)20-2)15(19)13(11-16)12-7-4-3-5-8-12/h3-5,7-8,13H,6,9-11,16H2,1-2H3. The first kappa shape index (κ1) is 16.2. The Morgan fingerprint density at radius 2 is 1.95 bits per heavy atom. The SMILES string of the molecule is COC(=O)CCCN(C)C(=O)C(CN)c1ccccc1. The van der Waals surface area contributed by atoms with Gasteiger partial charge >= 0.3 is 5.97 Å². The number of esters is 1. The Kier molecular flexibility index (Phi) is 6.73. The van der Waals surface area contributed by atoms with Crippen LogP contribution in [0.1, 0.15) is 24.3 Å². The minimum absolute atomic E-state index is 0.0245. The molecule has 0 bridgehead atoms. The molecule has 1 aromatic carbocycles. The molecule has 0 fully saturated rings. The van der Waals surface area contributed by atoms with Crippen LogP contribution in [0.3, 0.4) is 0 Å². The van der Waals surface area contributed by atoms with Crippen LogP contribution in [0.4, 0.5) is 0 Å². The number of hydrogen-bond acceptors (Lipinski definition) is 4. The maximum Gasteiger partial charge on any atom is 0.305 e. The highest BCUT2D eigenvalue weighted by atomic mass is 16.5. The molecule has 110 valence electrons. The lowest BCUT2D eigenvalue weighted by Crippen LogP contribution is -2.36. The lowest BCUT2D eigenvalue weighted by atomic mass is 9.98. The number of methoxy groups -OCH3 is 1. The quantitative estimate of drug-likeness (QED) is 0.759. The number of ether oxygens (including phenoxy) is 1. The predicted octanol–water partition coefficient (Wildman–Crippen LogP) is 1.14. The second kappa shape index (κ2) is 8.32. The molecule has 0 heterocycles. The van der Waals surface area contributed by atoms with E-state index in [1.54, 1.807) is 11.9 Å². The van der Waals surface area contributed by atoms with Crippen LogP contribution in [0.5, 0.6) is 0 Å². The molecule has 0 aliphatic heterocycles. The van der Waals surface area contributed by atoms with Crippen molar-refractivity contribution in [2.24, 2.45) is 5.73 Å². The monoisotopic (exact) mass is 278 g/mol. The molecular formula is C15H22N2O3. The Labute approximate surface area is 119 Å². The molecule has 5 nitrogen and oxygen atoms in total. The Balaban J connectivity index is 2.56. The van der Waals surface area contributed by atoms with Crippen molar-refractivity contribution < 1.29 is 14.3 Å². The van der Waals surface area contributed by atoms with Crippen LogP contribution < -0.4 is 5.73 Å². The average Bonchev–Trinajstić information content (AvgIpc) is 2.48. The topological polar surface area (TPSA) is 72.6 Å². The van der Waals surface area contributed by atoms with Crippen molar-refractivity contribution in [3.05, 3.63) is 35.9 Å². The Morgan fingerprint density at radius 1 is 1.30 bits per heavy atom. The van der Waals surface area contributed by atoms with Crippen LogP contribution >= 0.6 is 0 Å². The highest BCUT2D eigenvalue weighted by molar-refractivity contribution is 5.83. The molecule has 0 aliphatic carbocycles. The molecular weight excluding hydrogens is 256 g/mol. The summed E-state index contributed by atoms with van der Waals surface area (Å²) in [6.45, 7) is 0.779. The lowest BCUT2D eigenvalue weighted by molar-refractivity contribution is -0.141. The summed E-state index contributed by atoms with van der Waals surface area (Å²) in [5, 5.41) is 0. The van der Waals surface area contributed by atoms with E-state index >= 15 is 0 Å². The van der Waals surface area contributed by atoms with Gasteiger partial charge in [-0.1, -0.05) is 30.3 Å². The van der Waals surface area contributed by atoms with Gasteiger partial charge in [-0.3, -0.25) is 9.59 Å². The third-order valence-electron chi connectivity index (χ3n) is 3.21. The van der Waals surface area contributed by atoms with Crippen molar-refractivity contribution in [3.8, 4) is 0 Å². The Morgan fingerprint density at radius 3 is 2.50 bits per heavy atom. The number of benzene rings is 1. The largest absolute Gasteiger partial charge is 0.469 e. The van der Waals surface area contributed by atoms with Crippen molar-refractivity contribution in [2.45, 2.75) is 18.8 Å². The highest BCUT2D eigenvalue weighted by Crippen LogP contribution is 2.16. The van der Waals surface area contributed by atoms with E-state index < -0.39 is 0 Å². The molecule has 0 saturated carbocycles. The molecule has 2 N–H and O–H groups in total. The normalized spacial score (nSPS) is 11.8. The zero-order chi connectivity index (χ0) is 15.0. The van der Waals surface area contributed by atoms with E-state index in [4.69, 9.17) is 5.73 Å². The summed E-state index contributed by atoms with van der Waals surface area (Å²) in [7, 11) is 3.09. The van der Waals surface area contributed by atoms with Crippen LogP contribution in [-0.2, 0) is 14.3 Å². The summed E-state index contributed by atoms with van der Waals surface area (Å²) in [6.07, 6.45) is 0.897. The molecule has 0 saturated heterocycles. The molecule has 1 amide bonds. The maximum absolute atomic E-state index is 12.3. The van der Waals surface area contributed by atoms with Gasteiger partial charge in [-0.2, -0.15) is 0 Å². The molecule has 0 aromatic heterocycles. The summed E-state index contributed by atoms with van der Waals surface area (Å²) in [5.74, 6) is -0.618. The van der Waals surface area contributed by atoms with E-state index in [1.165, 1.54) is 7.11 Å². The van der Waals surface area contributed by atoms with E-state index in [9.17, 15) is 9.59 Å². The average molecular weight is 278 g/mol. The van der Waals surface area contributed by atoms with Gasteiger partial charge in [-0.15, -0.1) is 0 Å². The summed E-state index contributed by atoms with van der Waals surface area (Å²) >= 11 is 0. The number of amides is 1. The number of carbonyl (C=O) groups is 2. The molecule has 0 aliphatic rings. The van der Waals surface area contributed by atoms with Crippen LogP contribution in [0.2, 0.25) is 0 Å². The molecule has 0 spiro atoms. The zero-order valence-electron chi connectivity index (χ0n) is 12.0. The van der Waals surface area contributed by atoms with Crippen LogP contribution in [0.15, 0.2) is 30.3 Å². The highest BCUT2D eigenvalue weighted by Gasteiger charge is 2.22. The van der Waals surface area contributed by atoms with Crippen molar-refractivity contribution in [2.75, 3.05) is 27.2 Å². The molecule has 1 rings (SSSR count). The smallest absolute Gasteiger partial charge is 0.305 e. The first-order valence-corrected chi connectivity index (χ1v) is 6.67. The van der Waals surface area contributed by atoms with E-state index in [0.717, 1.165) is 5.56 Å². The second-order valence-electron chi connectivity index (χ2n) is 4.64. The van der Waals surface area contributed by atoms with E-state index in [1.807, 2.05) is 30.3 Å². The zero-order valence-corrected chi connectivity index (χ0v) is 12.0. The molecule has 1 unspecified atom stereocenters. The van der Waals surface area contributed by atoms with Crippen molar-refractivity contribution in [1.29, 1.82) is 0 Å². The number of nitrogens with two attached hydrogens (primary N) is 1. The summed E-state index contributed by atoms with van der Waals surface area (Å²) < 4.78 is 4.57. The second-order valence-corrected chi connectivity index (χ2v) is 4.64. The van der Waals surface area contributed by atoms with Gasteiger partial charge in [0.1, 0.15) is 0 Å². The minimum atomic E-state index is -0.334. The third-order valence-corrected chi connectivity index (χ3v) is 3.21. The molecule has 5 heteroatoms.